The first-order valence-corrected chi connectivity index (χ1v) is 9.66. The summed E-state index contributed by atoms with van der Waals surface area (Å²) in [7, 11) is 0. The highest BCUT2D eigenvalue weighted by molar-refractivity contribution is 7.71. The Labute approximate surface area is 172 Å². The number of aromatic nitrogens is 5. The summed E-state index contributed by atoms with van der Waals surface area (Å²) in [6.07, 6.45) is 0. The Morgan fingerprint density at radius 2 is 1.17 bits per heavy atom. The van der Waals surface area contributed by atoms with Gasteiger partial charge < -0.3 is 4.98 Å². The molecular formula is C23H17N5S. The monoisotopic (exact) mass is 395 g/mol. The highest BCUT2D eigenvalue weighted by Crippen LogP contribution is 2.35. The third kappa shape index (κ3) is 3.30. The van der Waals surface area contributed by atoms with Gasteiger partial charge in [-0.25, -0.2) is 4.98 Å². The molecule has 0 saturated heterocycles. The molecule has 0 aliphatic carbocycles. The largest absolute Gasteiger partial charge is 0.337 e. The van der Waals surface area contributed by atoms with Gasteiger partial charge in [-0.05, 0) is 12.2 Å². The quantitative estimate of drug-likeness (QED) is 0.334. The van der Waals surface area contributed by atoms with Gasteiger partial charge in [0.1, 0.15) is 5.82 Å². The molecule has 5 rings (SSSR count). The molecule has 0 amide bonds. The van der Waals surface area contributed by atoms with E-state index in [2.05, 4.69) is 44.4 Å². The van der Waals surface area contributed by atoms with Crippen LogP contribution in [-0.2, 0) is 0 Å². The first kappa shape index (κ1) is 17.3. The second-order valence-corrected chi connectivity index (χ2v) is 6.99. The third-order valence-electron chi connectivity index (χ3n) is 4.75. The second-order valence-electron chi connectivity index (χ2n) is 6.60. The first-order valence-electron chi connectivity index (χ1n) is 9.25. The van der Waals surface area contributed by atoms with Crippen LogP contribution in [0.3, 0.4) is 0 Å². The Hall–Kier alpha value is -3.77. The van der Waals surface area contributed by atoms with Crippen molar-refractivity contribution in [2.75, 3.05) is 0 Å². The number of H-pyrrole nitrogens is 3. The second kappa shape index (κ2) is 7.33. The lowest BCUT2D eigenvalue weighted by atomic mass is 10.1. The van der Waals surface area contributed by atoms with Gasteiger partial charge in [-0.15, -0.1) is 0 Å². The fourth-order valence-electron chi connectivity index (χ4n) is 3.41. The minimum absolute atomic E-state index is 0.421. The summed E-state index contributed by atoms with van der Waals surface area (Å²) in [6, 6.07) is 28.4. The third-order valence-corrected chi connectivity index (χ3v) is 4.95. The molecule has 0 radical (unpaired) electrons. The van der Waals surface area contributed by atoms with Crippen LogP contribution in [0, 0.1) is 4.77 Å². The molecular weight excluding hydrogens is 378 g/mol. The van der Waals surface area contributed by atoms with Gasteiger partial charge in [0.25, 0.3) is 0 Å². The topological polar surface area (TPSA) is 73.2 Å². The van der Waals surface area contributed by atoms with E-state index in [0.29, 0.717) is 10.6 Å². The summed E-state index contributed by atoms with van der Waals surface area (Å²) in [5.74, 6) is 1.46. The van der Waals surface area contributed by atoms with Gasteiger partial charge in [0.2, 0.25) is 4.77 Å². The normalized spacial score (nSPS) is 10.9. The van der Waals surface area contributed by atoms with Crippen LogP contribution >= 0.6 is 12.2 Å². The Kier molecular flexibility index (Phi) is 4.38. The van der Waals surface area contributed by atoms with Crippen LogP contribution in [0.15, 0.2) is 84.9 Å². The van der Waals surface area contributed by atoms with Crippen molar-refractivity contribution >= 4 is 12.2 Å². The molecule has 6 heteroatoms. The molecule has 0 unspecified atom stereocenters. The Morgan fingerprint density at radius 1 is 0.586 bits per heavy atom. The molecule has 0 aliphatic heterocycles. The molecule has 5 aromatic rings. The van der Waals surface area contributed by atoms with Crippen LogP contribution in [0.5, 0.6) is 0 Å². The molecule has 5 nitrogen and oxygen atoms in total. The molecule has 0 bridgehead atoms. The smallest absolute Gasteiger partial charge is 0.213 e. The predicted molar refractivity (Wildman–Crippen MR) is 118 cm³/mol. The number of rotatable bonds is 4. The number of nitrogens with one attached hydrogen (secondary N) is 3. The first-order chi connectivity index (χ1) is 14.3. The molecule has 0 fully saturated rings. The van der Waals surface area contributed by atoms with Crippen LogP contribution in [0.1, 0.15) is 0 Å². The predicted octanol–water partition coefficient (Wildman–Crippen LogP) is 5.86. The van der Waals surface area contributed by atoms with E-state index in [4.69, 9.17) is 17.2 Å². The van der Waals surface area contributed by atoms with Crippen molar-refractivity contribution in [1.82, 2.24) is 25.1 Å². The van der Waals surface area contributed by atoms with Gasteiger partial charge in [-0.2, -0.15) is 4.98 Å². The summed E-state index contributed by atoms with van der Waals surface area (Å²) in [5, 5.41) is 5.90. The van der Waals surface area contributed by atoms with Gasteiger partial charge >= 0.3 is 0 Å². The minimum atomic E-state index is 0.421. The molecule has 29 heavy (non-hydrogen) atoms. The number of aromatic amines is 3. The SMILES string of the molecule is S=c1nc(-c2ccccc2-c2nc(-c3ccccc3)c(-c3ccccc3)[nH]2)[nH][nH]1. The van der Waals surface area contributed by atoms with Crippen LogP contribution in [0.25, 0.3) is 45.3 Å². The standard InChI is InChI=1S/C23H17N5S/c29-23-26-22(27-28-23)18-14-8-7-13-17(18)21-24-19(15-9-3-1-4-10-15)20(25-21)16-11-5-2-6-12-16/h1-14H,(H,24,25)(H2,26,27,28,29). The molecule has 3 aromatic carbocycles. The molecule has 0 spiro atoms. The van der Waals surface area contributed by atoms with Gasteiger partial charge in [0.15, 0.2) is 5.82 Å². The number of hydrogen-bond acceptors (Lipinski definition) is 3. The van der Waals surface area contributed by atoms with Crippen molar-refractivity contribution in [3.05, 3.63) is 89.7 Å². The summed E-state index contributed by atoms with van der Waals surface area (Å²) in [5.41, 5.74) is 5.91. The van der Waals surface area contributed by atoms with Gasteiger partial charge in [0, 0.05) is 22.3 Å². The van der Waals surface area contributed by atoms with Crippen LogP contribution in [-0.4, -0.2) is 25.1 Å². The van der Waals surface area contributed by atoms with Crippen molar-refractivity contribution in [3.8, 4) is 45.3 Å². The maximum atomic E-state index is 5.12. The zero-order chi connectivity index (χ0) is 19.6. The Bertz CT molecular complexity index is 1260. The lowest BCUT2D eigenvalue weighted by molar-refractivity contribution is 1.08. The zero-order valence-electron chi connectivity index (χ0n) is 15.4. The van der Waals surface area contributed by atoms with E-state index in [9.17, 15) is 0 Å². The van der Waals surface area contributed by atoms with Gasteiger partial charge in [-0.1, -0.05) is 84.9 Å². The van der Waals surface area contributed by atoms with Gasteiger partial charge in [-0.3, -0.25) is 10.2 Å². The average Bonchev–Trinajstić information content (AvgIpc) is 3.42. The van der Waals surface area contributed by atoms with Crippen molar-refractivity contribution in [3.63, 3.8) is 0 Å². The van der Waals surface area contributed by atoms with Crippen molar-refractivity contribution in [2.24, 2.45) is 0 Å². The van der Waals surface area contributed by atoms with E-state index in [1.54, 1.807) is 0 Å². The van der Waals surface area contributed by atoms with Crippen LogP contribution in [0.4, 0.5) is 0 Å². The summed E-state index contributed by atoms with van der Waals surface area (Å²) >= 11 is 5.12. The van der Waals surface area contributed by atoms with Crippen LogP contribution < -0.4 is 0 Å². The number of imidazole rings is 1. The number of benzene rings is 3. The molecule has 0 saturated carbocycles. The fourth-order valence-corrected chi connectivity index (χ4v) is 3.56. The summed E-state index contributed by atoms with van der Waals surface area (Å²) in [6.45, 7) is 0. The van der Waals surface area contributed by atoms with E-state index < -0.39 is 0 Å². The zero-order valence-corrected chi connectivity index (χ0v) is 16.2. The number of nitrogens with zero attached hydrogens (tertiary/aromatic N) is 2. The maximum absolute atomic E-state index is 5.12. The average molecular weight is 395 g/mol. The number of hydrogen-bond donors (Lipinski definition) is 3. The molecule has 2 aromatic heterocycles. The molecule has 140 valence electrons. The molecule has 0 atom stereocenters. The van der Waals surface area contributed by atoms with Crippen molar-refractivity contribution in [2.45, 2.75) is 0 Å². The highest BCUT2D eigenvalue weighted by atomic mass is 32.1. The van der Waals surface area contributed by atoms with E-state index >= 15 is 0 Å². The molecule has 2 heterocycles. The fraction of sp³-hybridized carbons (Fsp3) is 0. The summed E-state index contributed by atoms with van der Waals surface area (Å²) in [4.78, 5) is 12.9. The maximum Gasteiger partial charge on any atom is 0.213 e. The van der Waals surface area contributed by atoms with Crippen molar-refractivity contribution < 1.29 is 0 Å². The lowest BCUT2D eigenvalue weighted by Gasteiger charge is -2.04. The lowest BCUT2D eigenvalue weighted by Crippen LogP contribution is -1.89. The van der Waals surface area contributed by atoms with E-state index in [1.807, 2.05) is 60.7 Å². The van der Waals surface area contributed by atoms with Crippen LogP contribution in [0.2, 0.25) is 0 Å². The van der Waals surface area contributed by atoms with E-state index in [1.165, 1.54) is 0 Å². The van der Waals surface area contributed by atoms with Crippen molar-refractivity contribution in [1.29, 1.82) is 0 Å². The highest BCUT2D eigenvalue weighted by Gasteiger charge is 2.18. The Morgan fingerprint density at radius 3 is 1.79 bits per heavy atom. The molecule has 3 N–H and O–H groups in total. The van der Waals surface area contributed by atoms with Gasteiger partial charge in [0.05, 0.1) is 11.4 Å². The molecule has 0 aliphatic rings. The minimum Gasteiger partial charge on any atom is -0.337 e. The Balaban J connectivity index is 1.72. The van der Waals surface area contributed by atoms with E-state index in [0.717, 1.165) is 39.5 Å². The van der Waals surface area contributed by atoms with E-state index in [-0.39, 0.29) is 0 Å². The summed E-state index contributed by atoms with van der Waals surface area (Å²) < 4.78 is 0.421.